The highest BCUT2D eigenvalue weighted by molar-refractivity contribution is 7.47. The lowest BCUT2D eigenvalue weighted by Crippen LogP contribution is -2.30. The summed E-state index contributed by atoms with van der Waals surface area (Å²) in [6.45, 7) is 11.9. The standard InChI is InChI=1S/C75H146O17P2/c1-8-10-11-12-13-35-42-49-56-72(77)85-62-70(92-75(80)59-52-45-38-31-25-27-33-40-47-54-67(5)6)64-89-93(81,82)87-60-69(76)61-88-94(83,84)90-65-71(63-86-73(78)57-50-43-36-30-24-26-32-39-46-53-66(3)4)91-74(79)58-51-44-37-29-23-21-19-17-15-14-16-18-20-22-28-34-41-48-55-68(7)9-2/h66-71,76H,8-65H2,1-7H3,(H,81,82)(H,83,84)/t68?,69-,70+,71+/m0/s1. The summed E-state index contributed by atoms with van der Waals surface area (Å²) >= 11 is 0. The van der Waals surface area contributed by atoms with Crippen molar-refractivity contribution >= 4 is 39.5 Å². The topological polar surface area (TPSA) is 237 Å². The van der Waals surface area contributed by atoms with Gasteiger partial charge in [0.1, 0.15) is 19.3 Å². The summed E-state index contributed by atoms with van der Waals surface area (Å²) < 4.78 is 68.4. The summed E-state index contributed by atoms with van der Waals surface area (Å²) in [5.41, 5.74) is 0. The van der Waals surface area contributed by atoms with Gasteiger partial charge in [-0.05, 0) is 43.4 Å². The van der Waals surface area contributed by atoms with Gasteiger partial charge in [0, 0.05) is 25.7 Å². The van der Waals surface area contributed by atoms with E-state index < -0.39 is 97.5 Å². The number of aliphatic hydroxyl groups excluding tert-OH is 1. The molecule has 94 heavy (non-hydrogen) atoms. The summed E-state index contributed by atoms with van der Waals surface area (Å²) in [6.07, 6.45) is 51.5. The second kappa shape index (κ2) is 65.7. The molecule has 558 valence electrons. The van der Waals surface area contributed by atoms with Gasteiger partial charge in [-0.1, -0.05) is 331 Å². The van der Waals surface area contributed by atoms with Gasteiger partial charge in [-0.2, -0.15) is 0 Å². The van der Waals surface area contributed by atoms with Crippen molar-refractivity contribution in [1.29, 1.82) is 0 Å². The van der Waals surface area contributed by atoms with Gasteiger partial charge in [0.15, 0.2) is 12.2 Å². The molecule has 0 aromatic heterocycles. The number of hydrogen-bond donors (Lipinski definition) is 3. The van der Waals surface area contributed by atoms with Gasteiger partial charge in [-0.25, -0.2) is 9.13 Å². The maximum atomic E-state index is 13.1. The molecule has 0 aliphatic carbocycles. The molecule has 0 heterocycles. The first kappa shape index (κ1) is 92.1. The van der Waals surface area contributed by atoms with Gasteiger partial charge in [-0.15, -0.1) is 0 Å². The van der Waals surface area contributed by atoms with Crippen LogP contribution in [0.5, 0.6) is 0 Å². The Morgan fingerprint density at radius 3 is 0.809 bits per heavy atom. The number of unbranched alkanes of at least 4 members (excludes halogenated alkanes) is 40. The van der Waals surface area contributed by atoms with Crippen LogP contribution < -0.4 is 0 Å². The van der Waals surface area contributed by atoms with Gasteiger partial charge < -0.3 is 33.8 Å². The summed E-state index contributed by atoms with van der Waals surface area (Å²) in [5, 5.41) is 10.6. The molecule has 0 fully saturated rings. The van der Waals surface area contributed by atoms with Crippen LogP contribution in [0.15, 0.2) is 0 Å². The fourth-order valence-electron chi connectivity index (χ4n) is 11.4. The van der Waals surface area contributed by atoms with Crippen LogP contribution in [0.3, 0.4) is 0 Å². The van der Waals surface area contributed by atoms with Crippen molar-refractivity contribution in [2.45, 2.75) is 401 Å². The third-order valence-corrected chi connectivity index (χ3v) is 19.6. The molecule has 0 amide bonds. The fraction of sp³-hybridized carbons (Fsp3) is 0.947. The van der Waals surface area contributed by atoms with Crippen LogP contribution in [0.1, 0.15) is 382 Å². The lowest BCUT2D eigenvalue weighted by molar-refractivity contribution is -0.161. The minimum Gasteiger partial charge on any atom is -0.462 e. The van der Waals surface area contributed by atoms with E-state index in [0.717, 1.165) is 114 Å². The Morgan fingerprint density at radius 1 is 0.309 bits per heavy atom. The highest BCUT2D eigenvalue weighted by atomic mass is 31.2. The number of ether oxygens (including phenoxy) is 4. The Hall–Kier alpha value is -1.94. The van der Waals surface area contributed by atoms with Crippen molar-refractivity contribution in [2.75, 3.05) is 39.6 Å². The highest BCUT2D eigenvalue weighted by Crippen LogP contribution is 2.45. The van der Waals surface area contributed by atoms with E-state index >= 15 is 0 Å². The van der Waals surface area contributed by atoms with Crippen LogP contribution in [0.2, 0.25) is 0 Å². The number of rotatable bonds is 73. The Balaban J connectivity index is 5.16. The Kier molecular flexibility index (Phi) is 64.3. The number of esters is 4. The van der Waals surface area contributed by atoms with E-state index in [1.807, 2.05) is 0 Å². The molecule has 3 N–H and O–H groups in total. The second-order valence-electron chi connectivity index (χ2n) is 28.2. The molecule has 19 heteroatoms. The highest BCUT2D eigenvalue weighted by Gasteiger charge is 2.30. The van der Waals surface area contributed by atoms with Crippen LogP contribution in [0, 0.1) is 17.8 Å². The molecule has 0 bridgehead atoms. The van der Waals surface area contributed by atoms with Gasteiger partial charge in [0.2, 0.25) is 0 Å². The number of aliphatic hydroxyl groups is 1. The predicted octanol–water partition coefficient (Wildman–Crippen LogP) is 21.8. The minimum absolute atomic E-state index is 0.105. The second-order valence-corrected chi connectivity index (χ2v) is 31.1. The van der Waals surface area contributed by atoms with Gasteiger partial charge in [-0.3, -0.25) is 37.3 Å². The Morgan fingerprint density at radius 2 is 0.543 bits per heavy atom. The van der Waals surface area contributed by atoms with Gasteiger partial charge >= 0.3 is 39.5 Å². The maximum Gasteiger partial charge on any atom is 0.472 e. The van der Waals surface area contributed by atoms with E-state index in [9.17, 15) is 43.2 Å². The molecular weight excluding hydrogens is 1230 g/mol. The first-order chi connectivity index (χ1) is 45.3. The zero-order valence-electron chi connectivity index (χ0n) is 61.4. The van der Waals surface area contributed by atoms with E-state index in [2.05, 4.69) is 48.5 Å². The van der Waals surface area contributed by atoms with Crippen LogP contribution in [0.4, 0.5) is 0 Å². The van der Waals surface area contributed by atoms with Crippen molar-refractivity contribution in [3.8, 4) is 0 Å². The van der Waals surface area contributed by atoms with Crippen LogP contribution in [-0.4, -0.2) is 96.7 Å². The predicted molar refractivity (Wildman–Crippen MR) is 381 cm³/mol. The first-order valence-electron chi connectivity index (χ1n) is 38.9. The summed E-state index contributed by atoms with van der Waals surface area (Å²) in [7, 11) is -9.90. The molecule has 0 radical (unpaired) electrons. The zero-order chi connectivity index (χ0) is 69.4. The monoisotopic (exact) mass is 1380 g/mol. The molecule has 0 saturated heterocycles. The van der Waals surface area contributed by atoms with Crippen molar-refractivity contribution in [2.24, 2.45) is 17.8 Å². The third-order valence-electron chi connectivity index (χ3n) is 17.7. The average molecular weight is 1380 g/mol. The van der Waals surface area contributed by atoms with E-state index in [0.29, 0.717) is 25.7 Å². The van der Waals surface area contributed by atoms with Gasteiger partial charge in [0.05, 0.1) is 26.4 Å². The largest absolute Gasteiger partial charge is 0.472 e. The summed E-state index contributed by atoms with van der Waals surface area (Å²) in [6, 6.07) is 0. The molecule has 0 aliphatic rings. The van der Waals surface area contributed by atoms with Crippen molar-refractivity contribution in [3.63, 3.8) is 0 Å². The number of phosphoric ester groups is 2. The quantitative estimate of drug-likeness (QED) is 0.0222. The Labute approximate surface area is 575 Å². The SMILES string of the molecule is CCCCCCCCCCC(=O)OC[C@H](COP(=O)(O)OC[C@H](O)COP(=O)(O)OC[C@@H](COC(=O)CCCCCCCCCCCC(C)C)OC(=O)CCCCCCCCCCCCCCCCCCCCC(C)CC)OC(=O)CCCCCCCCCCCC(C)C. The lowest BCUT2D eigenvalue weighted by atomic mass is 9.99. The number of phosphoric acid groups is 2. The van der Waals surface area contributed by atoms with E-state index in [-0.39, 0.29) is 25.7 Å². The van der Waals surface area contributed by atoms with Crippen molar-refractivity contribution < 1.29 is 80.2 Å². The smallest absolute Gasteiger partial charge is 0.462 e. The molecular formula is C75H146O17P2. The molecule has 0 aromatic carbocycles. The molecule has 0 aromatic rings. The van der Waals surface area contributed by atoms with E-state index in [1.54, 1.807) is 0 Å². The van der Waals surface area contributed by atoms with Crippen molar-refractivity contribution in [3.05, 3.63) is 0 Å². The first-order valence-corrected chi connectivity index (χ1v) is 41.9. The fourth-order valence-corrected chi connectivity index (χ4v) is 13.0. The summed E-state index contributed by atoms with van der Waals surface area (Å²) in [4.78, 5) is 72.6. The number of hydrogen-bond acceptors (Lipinski definition) is 15. The van der Waals surface area contributed by atoms with Crippen LogP contribution in [-0.2, 0) is 65.4 Å². The molecule has 6 atom stereocenters. The zero-order valence-corrected chi connectivity index (χ0v) is 63.2. The molecule has 3 unspecified atom stereocenters. The lowest BCUT2D eigenvalue weighted by Gasteiger charge is -2.21. The van der Waals surface area contributed by atoms with E-state index in [4.69, 9.17) is 37.0 Å². The van der Waals surface area contributed by atoms with E-state index in [1.165, 1.54) is 186 Å². The van der Waals surface area contributed by atoms with Crippen molar-refractivity contribution in [1.82, 2.24) is 0 Å². The molecule has 0 spiro atoms. The van der Waals surface area contributed by atoms with Crippen LogP contribution >= 0.6 is 15.6 Å². The number of carbonyl (C=O) groups is 4. The maximum absolute atomic E-state index is 13.1. The third kappa shape index (κ3) is 67.3. The molecule has 17 nitrogen and oxygen atoms in total. The average Bonchev–Trinajstić information content (AvgIpc) is 2.20. The normalized spacial score (nSPS) is 14.4. The summed E-state index contributed by atoms with van der Waals surface area (Å²) in [5.74, 6) is 0.228. The molecule has 0 saturated carbocycles. The van der Waals surface area contributed by atoms with Gasteiger partial charge in [0.25, 0.3) is 0 Å². The number of carbonyl (C=O) groups excluding carboxylic acids is 4. The van der Waals surface area contributed by atoms with Crippen LogP contribution in [0.25, 0.3) is 0 Å². The minimum atomic E-state index is -4.96. The molecule has 0 aliphatic heterocycles. The Bertz CT molecular complexity index is 1840. The molecule has 0 rings (SSSR count).